The highest BCUT2D eigenvalue weighted by molar-refractivity contribution is 5.77. The van der Waals surface area contributed by atoms with E-state index in [4.69, 9.17) is 0 Å². The quantitative estimate of drug-likeness (QED) is 0.771. The molecular formula is C24H34N6O. The number of piperazine rings is 1. The van der Waals surface area contributed by atoms with Crippen LogP contribution >= 0.6 is 0 Å². The third-order valence-electron chi connectivity index (χ3n) is 6.38. The Kier molecular flexibility index (Phi) is 6.89. The number of anilines is 3. The lowest BCUT2D eigenvalue weighted by atomic mass is 9.93. The number of benzene rings is 1. The Balaban J connectivity index is 1.23. The molecule has 2 aliphatic heterocycles. The van der Waals surface area contributed by atoms with Gasteiger partial charge in [-0.05, 0) is 56.4 Å². The van der Waals surface area contributed by atoms with E-state index in [1.165, 1.54) is 11.3 Å². The van der Waals surface area contributed by atoms with Gasteiger partial charge >= 0.3 is 0 Å². The minimum Gasteiger partial charge on any atom is -0.368 e. The van der Waals surface area contributed by atoms with Crippen LogP contribution in [0.4, 0.5) is 17.5 Å². The molecule has 0 unspecified atom stereocenters. The minimum absolute atomic E-state index is 0.318. The van der Waals surface area contributed by atoms with Crippen molar-refractivity contribution in [2.45, 2.75) is 33.1 Å². The zero-order valence-corrected chi connectivity index (χ0v) is 18.8. The van der Waals surface area contributed by atoms with Crippen LogP contribution in [-0.4, -0.2) is 66.6 Å². The van der Waals surface area contributed by atoms with Crippen LogP contribution in [0.3, 0.4) is 0 Å². The molecule has 0 bridgehead atoms. The average Bonchev–Trinajstić information content (AvgIpc) is 2.80. The molecule has 7 nitrogen and oxygen atoms in total. The molecule has 0 radical (unpaired) electrons. The fraction of sp³-hybridized carbons (Fsp3) is 0.542. The molecule has 2 saturated heterocycles. The van der Waals surface area contributed by atoms with Crippen molar-refractivity contribution in [2.24, 2.45) is 5.92 Å². The third-order valence-corrected chi connectivity index (χ3v) is 6.38. The topological polar surface area (TPSA) is 64.6 Å². The molecule has 1 aromatic carbocycles. The lowest BCUT2D eigenvalue weighted by Gasteiger charge is -2.38. The molecule has 0 aliphatic carbocycles. The Morgan fingerprint density at radius 2 is 1.84 bits per heavy atom. The number of amides is 1. The average molecular weight is 423 g/mol. The van der Waals surface area contributed by atoms with Gasteiger partial charge in [-0.25, -0.2) is 4.98 Å². The molecule has 1 aromatic heterocycles. The maximum absolute atomic E-state index is 12.9. The zero-order chi connectivity index (χ0) is 21.6. The van der Waals surface area contributed by atoms with Crippen molar-refractivity contribution in [1.29, 1.82) is 0 Å². The van der Waals surface area contributed by atoms with Crippen molar-refractivity contribution >= 4 is 23.4 Å². The van der Waals surface area contributed by atoms with Crippen molar-refractivity contribution in [1.82, 2.24) is 14.9 Å². The highest BCUT2D eigenvalue weighted by Gasteiger charge is 2.26. The molecule has 0 saturated carbocycles. The molecule has 4 rings (SSSR count). The highest BCUT2D eigenvalue weighted by Crippen LogP contribution is 2.26. The summed E-state index contributed by atoms with van der Waals surface area (Å²) in [5.74, 6) is 2.44. The van der Waals surface area contributed by atoms with Crippen LogP contribution in [0, 0.1) is 12.8 Å². The first kappa shape index (κ1) is 21.4. The van der Waals surface area contributed by atoms with E-state index in [2.05, 4.69) is 61.2 Å². The van der Waals surface area contributed by atoms with Gasteiger partial charge in [0.15, 0.2) is 0 Å². The van der Waals surface area contributed by atoms with E-state index in [0.717, 1.165) is 64.5 Å². The van der Waals surface area contributed by atoms with Gasteiger partial charge in [0.2, 0.25) is 11.9 Å². The first-order chi connectivity index (χ1) is 15.1. The highest BCUT2D eigenvalue weighted by atomic mass is 16.2. The maximum Gasteiger partial charge on any atom is 0.224 e. The number of carbonyl (C=O) groups is 1. The first-order valence-electron chi connectivity index (χ1n) is 11.5. The van der Waals surface area contributed by atoms with Gasteiger partial charge in [-0.1, -0.05) is 12.1 Å². The van der Waals surface area contributed by atoms with E-state index in [1.807, 2.05) is 19.2 Å². The Morgan fingerprint density at radius 3 is 2.55 bits per heavy atom. The number of hydrogen-bond donors (Lipinski definition) is 1. The molecule has 0 atom stereocenters. The van der Waals surface area contributed by atoms with Gasteiger partial charge in [0, 0.05) is 64.1 Å². The fourth-order valence-corrected chi connectivity index (χ4v) is 4.55. The van der Waals surface area contributed by atoms with E-state index < -0.39 is 0 Å². The van der Waals surface area contributed by atoms with Gasteiger partial charge in [0.1, 0.15) is 5.82 Å². The SMILES string of the molecule is CCNc1nccc(N2CCC(CC(=O)N3CCN(c4cccc(C)c4)CC3)CC2)n1. The van der Waals surface area contributed by atoms with Crippen LogP contribution in [0.2, 0.25) is 0 Å². The molecule has 7 heteroatoms. The zero-order valence-electron chi connectivity index (χ0n) is 18.8. The lowest BCUT2D eigenvalue weighted by molar-refractivity contribution is -0.132. The van der Waals surface area contributed by atoms with Crippen LogP contribution < -0.4 is 15.1 Å². The first-order valence-corrected chi connectivity index (χ1v) is 11.5. The Labute approximate surface area is 185 Å². The van der Waals surface area contributed by atoms with E-state index in [0.29, 0.717) is 24.2 Å². The molecule has 1 N–H and O–H groups in total. The summed E-state index contributed by atoms with van der Waals surface area (Å²) in [5.41, 5.74) is 2.55. The summed E-state index contributed by atoms with van der Waals surface area (Å²) in [6.45, 7) is 10.3. The molecule has 2 aromatic rings. The van der Waals surface area contributed by atoms with Gasteiger partial charge < -0.3 is 20.0 Å². The molecule has 31 heavy (non-hydrogen) atoms. The summed E-state index contributed by atoms with van der Waals surface area (Å²) in [7, 11) is 0. The van der Waals surface area contributed by atoms with E-state index >= 15 is 0 Å². The minimum atomic E-state index is 0.318. The maximum atomic E-state index is 12.9. The number of piperidine rings is 1. The molecule has 1 amide bonds. The normalized spacial score (nSPS) is 17.7. The Bertz CT molecular complexity index is 872. The number of aromatic nitrogens is 2. The second-order valence-electron chi connectivity index (χ2n) is 8.61. The molecular weight excluding hydrogens is 388 g/mol. The molecule has 2 aliphatic rings. The largest absolute Gasteiger partial charge is 0.368 e. The van der Waals surface area contributed by atoms with Crippen LogP contribution in [0.15, 0.2) is 36.5 Å². The second kappa shape index (κ2) is 9.98. The van der Waals surface area contributed by atoms with Crippen LogP contribution in [0.25, 0.3) is 0 Å². The summed E-state index contributed by atoms with van der Waals surface area (Å²) >= 11 is 0. The van der Waals surface area contributed by atoms with Crippen molar-refractivity contribution in [2.75, 3.05) is 60.9 Å². The Hall–Kier alpha value is -2.83. The number of hydrogen-bond acceptors (Lipinski definition) is 6. The number of carbonyl (C=O) groups excluding carboxylic acids is 1. The lowest BCUT2D eigenvalue weighted by Crippen LogP contribution is -2.49. The number of nitrogens with one attached hydrogen (secondary N) is 1. The molecule has 2 fully saturated rings. The third kappa shape index (κ3) is 5.46. The van der Waals surface area contributed by atoms with Crippen LogP contribution in [0.5, 0.6) is 0 Å². The van der Waals surface area contributed by atoms with Crippen molar-refractivity contribution < 1.29 is 4.79 Å². The predicted molar refractivity (Wildman–Crippen MR) is 126 cm³/mol. The predicted octanol–water partition coefficient (Wildman–Crippen LogP) is 3.17. The smallest absolute Gasteiger partial charge is 0.224 e. The van der Waals surface area contributed by atoms with Crippen LogP contribution in [0.1, 0.15) is 31.7 Å². The summed E-state index contributed by atoms with van der Waals surface area (Å²) in [5, 5.41) is 3.17. The summed E-state index contributed by atoms with van der Waals surface area (Å²) in [4.78, 5) is 28.5. The summed E-state index contributed by atoms with van der Waals surface area (Å²) in [6.07, 6.45) is 4.56. The molecule has 166 valence electrons. The number of nitrogens with zero attached hydrogens (tertiary/aromatic N) is 5. The standard InChI is InChI=1S/C24H34N6O/c1-3-25-24-26-10-7-22(27-24)29-11-8-20(9-12-29)18-23(31)30-15-13-28(14-16-30)21-6-4-5-19(2)17-21/h4-7,10,17,20H,3,8-9,11-16,18H2,1-2H3,(H,25,26,27). The fourth-order valence-electron chi connectivity index (χ4n) is 4.55. The second-order valence-corrected chi connectivity index (χ2v) is 8.61. The van der Waals surface area contributed by atoms with Crippen molar-refractivity contribution in [3.05, 3.63) is 42.1 Å². The van der Waals surface area contributed by atoms with Gasteiger partial charge in [0.05, 0.1) is 0 Å². The van der Waals surface area contributed by atoms with Gasteiger partial charge in [-0.3, -0.25) is 4.79 Å². The summed E-state index contributed by atoms with van der Waals surface area (Å²) in [6, 6.07) is 10.6. The number of aryl methyl sites for hydroxylation is 1. The van der Waals surface area contributed by atoms with E-state index in [-0.39, 0.29) is 0 Å². The summed E-state index contributed by atoms with van der Waals surface area (Å²) < 4.78 is 0. The van der Waals surface area contributed by atoms with Gasteiger partial charge in [-0.2, -0.15) is 4.98 Å². The van der Waals surface area contributed by atoms with E-state index in [9.17, 15) is 4.79 Å². The van der Waals surface area contributed by atoms with Crippen molar-refractivity contribution in [3.63, 3.8) is 0 Å². The number of rotatable bonds is 6. The van der Waals surface area contributed by atoms with Crippen LogP contribution in [-0.2, 0) is 4.79 Å². The molecule has 0 spiro atoms. The van der Waals surface area contributed by atoms with Gasteiger partial charge in [0.25, 0.3) is 0 Å². The van der Waals surface area contributed by atoms with Gasteiger partial charge in [-0.15, -0.1) is 0 Å². The van der Waals surface area contributed by atoms with Crippen molar-refractivity contribution in [3.8, 4) is 0 Å². The Morgan fingerprint density at radius 1 is 1.06 bits per heavy atom. The molecule has 3 heterocycles. The monoisotopic (exact) mass is 422 g/mol. The van der Waals surface area contributed by atoms with E-state index in [1.54, 1.807) is 0 Å².